The van der Waals surface area contributed by atoms with Crippen LogP contribution < -0.4 is 5.32 Å². The molecule has 0 bridgehead atoms. The second-order valence-electron chi connectivity index (χ2n) is 4.43. The van der Waals surface area contributed by atoms with Crippen LogP contribution in [0, 0.1) is 6.92 Å². The normalized spacial score (nSPS) is 11.6. The van der Waals surface area contributed by atoms with Crippen molar-refractivity contribution in [1.29, 1.82) is 0 Å². The summed E-state index contributed by atoms with van der Waals surface area (Å²) in [5, 5.41) is 5.41. The van der Waals surface area contributed by atoms with E-state index in [0.29, 0.717) is 6.04 Å². The molecular weight excluding hydrogens is 220 g/mol. The number of hydrogen-bond donors (Lipinski definition) is 2. The van der Waals surface area contributed by atoms with Gasteiger partial charge in [-0.3, -0.25) is 0 Å². The van der Waals surface area contributed by atoms with E-state index in [0.717, 1.165) is 17.1 Å². The molecule has 0 aliphatic heterocycles. The quantitative estimate of drug-likeness (QED) is 0.837. The molecular formula is C13H17ClN2. The van der Waals surface area contributed by atoms with Gasteiger partial charge in [-0.1, -0.05) is 37.6 Å². The van der Waals surface area contributed by atoms with Crippen LogP contribution in [0.1, 0.15) is 25.1 Å². The van der Waals surface area contributed by atoms with Crippen LogP contribution >= 0.6 is 11.6 Å². The summed E-state index contributed by atoms with van der Waals surface area (Å²) in [6.07, 6.45) is 0. The minimum Gasteiger partial charge on any atom is -0.356 e. The van der Waals surface area contributed by atoms with E-state index in [1.807, 2.05) is 12.1 Å². The van der Waals surface area contributed by atoms with Gasteiger partial charge in [-0.2, -0.15) is 0 Å². The predicted octanol–water partition coefficient (Wildman–Crippen LogP) is 3.63. The molecule has 16 heavy (non-hydrogen) atoms. The van der Waals surface area contributed by atoms with Gasteiger partial charge >= 0.3 is 0 Å². The van der Waals surface area contributed by atoms with E-state index in [9.17, 15) is 0 Å². The Labute approximate surface area is 101 Å². The first kappa shape index (κ1) is 11.5. The molecule has 0 fully saturated rings. The van der Waals surface area contributed by atoms with Crippen molar-refractivity contribution in [2.45, 2.75) is 33.4 Å². The first-order chi connectivity index (χ1) is 7.59. The summed E-state index contributed by atoms with van der Waals surface area (Å²) in [5.41, 5.74) is 3.55. The zero-order valence-electron chi connectivity index (χ0n) is 9.89. The van der Waals surface area contributed by atoms with Crippen LogP contribution in [-0.2, 0) is 6.54 Å². The molecule has 1 aromatic carbocycles. The summed E-state index contributed by atoms with van der Waals surface area (Å²) in [5.74, 6) is 0. The second-order valence-corrected chi connectivity index (χ2v) is 4.83. The number of benzene rings is 1. The minimum atomic E-state index is 0.487. The molecule has 0 saturated carbocycles. The summed E-state index contributed by atoms with van der Waals surface area (Å²) < 4.78 is 0. The van der Waals surface area contributed by atoms with Gasteiger partial charge in [0.1, 0.15) is 0 Å². The maximum absolute atomic E-state index is 6.15. The smallest absolute Gasteiger partial charge is 0.0648 e. The van der Waals surface area contributed by atoms with E-state index in [1.54, 1.807) is 0 Å². The van der Waals surface area contributed by atoms with Crippen LogP contribution in [-0.4, -0.2) is 11.0 Å². The molecule has 2 rings (SSSR count). The van der Waals surface area contributed by atoms with Gasteiger partial charge < -0.3 is 10.3 Å². The molecule has 0 aliphatic carbocycles. The van der Waals surface area contributed by atoms with Gasteiger partial charge in [-0.05, 0) is 18.6 Å². The highest BCUT2D eigenvalue weighted by atomic mass is 35.5. The number of para-hydroxylation sites is 1. The first-order valence-corrected chi connectivity index (χ1v) is 5.96. The van der Waals surface area contributed by atoms with Crippen molar-refractivity contribution in [3.05, 3.63) is 34.5 Å². The SMILES string of the molecule is Cc1c(CNC(C)C)[nH]c2c(Cl)cccc12. The van der Waals surface area contributed by atoms with E-state index in [1.165, 1.54) is 16.6 Å². The van der Waals surface area contributed by atoms with Crippen molar-refractivity contribution >= 4 is 22.5 Å². The fourth-order valence-corrected chi connectivity index (χ4v) is 2.08. The lowest BCUT2D eigenvalue weighted by Gasteiger charge is -2.07. The number of halogens is 1. The van der Waals surface area contributed by atoms with Crippen molar-refractivity contribution in [1.82, 2.24) is 10.3 Å². The Balaban J connectivity index is 2.40. The van der Waals surface area contributed by atoms with Gasteiger partial charge in [0, 0.05) is 23.7 Å². The summed E-state index contributed by atoms with van der Waals surface area (Å²) >= 11 is 6.15. The van der Waals surface area contributed by atoms with E-state index >= 15 is 0 Å². The van der Waals surface area contributed by atoms with Crippen LogP contribution in [0.15, 0.2) is 18.2 Å². The third-order valence-corrected chi connectivity index (χ3v) is 3.15. The number of hydrogen-bond acceptors (Lipinski definition) is 1. The molecule has 2 nitrogen and oxygen atoms in total. The Morgan fingerprint density at radius 1 is 1.38 bits per heavy atom. The molecule has 1 heterocycles. The predicted molar refractivity (Wildman–Crippen MR) is 70.0 cm³/mol. The maximum atomic E-state index is 6.15. The molecule has 0 radical (unpaired) electrons. The molecule has 86 valence electrons. The van der Waals surface area contributed by atoms with E-state index in [-0.39, 0.29) is 0 Å². The van der Waals surface area contributed by atoms with Crippen LogP contribution in [0.2, 0.25) is 5.02 Å². The molecule has 0 aliphatic rings. The van der Waals surface area contributed by atoms with E-state index < -0.39 is 0 Å². The number of aromatic amines is 1. The van der Waals surface area contributed by atoms with Crippen LogP contribution in [0.3, 0.4) is 0 Å². The Hall–Kier alpha value is -0.990. The van der Waals surface area contributed by atoms with Crippen molar-refractivity contribution in [2.75, 3.05) is 0 Å². The highest BCUT2D eigenvalue weighted by Crippen LogP contribution is 2.27. The third-order valence-electron chi connectivity index (χ3n) is 2.83. The molecule has 0 amide bonds. The molecule has 2 aromatic rings. The fourth-order valence-electron chi connectivity index (χ4n) is 1.85. The molecule has 1 aromatic heterocycles. The van der Waals surface area contributed by atoms with Crippen LogP contribution in [0.4, 0.5) is 0 Å². The summed E-state index contributed by atoms with van der Waals surface area (Å²) in [4.78, 5) is 3.39. The Bertz CT molecular complexity index is 500. The number of fused-ring (bicyclic) bond motifs is 1. The summed E-state index contributed by atoms with van der Waals surface area (Å²) in [7, 11) is 0. The lowest BCUT2D eigenvalue weighted by Crippen LogP contribution is -2.22. The number of rotatable bonds is 3. The van der Waals surface area contributed by atoms with Gasteiger partial charge in [0.2, 0.25) is 0 Å². The van der Waals surface area contributed by atoms with Crippen LogP contribution in [0.25, 0.3) is 10.9 Å². The topological polar surface area (TPSA) is 27.8 Å². The first-order valence-electron chi connectivity index (χ1n) is 5.58. The molecule has 0 spiro atoms. The molecule has 0 saturated heterocycles. The Morgan fingerprint density at radius 3 is 2.75 bits per heavy atom. The summed E-state index contributed by atoms with van der Waals surface area (Å²) in [6, 6.07) is 6.50. The van der Waals surface area contributed by atoms with E-state index in [4.69, 9.17) is 11.6 Å². The molecule has 3 heteroatoms. The Kier molecular flexibility index (Phi) is 3.22. The monoisotopic (exact) mass is 236 g/mol. The summed E-state index contributed by atoms with van der Waals surface area (Å²) in [6.45, 7) is 7.27. The van der Waals surface area contributed by atoms with E-state index in [2.05, 4.69) is 37.1 Å². The zero-order chi connectivity index (χ0) is 11.7. The minimum absolute atomic E-state index is 0.487. The van der Waals surface area contributed by atoms with Crippen molar-refractivity contribution < 1.29 is 0 Å². The standard InChI is InChI=1S/C13H17ClN2/c1-8(2)15-7-12-9(3)10-5-4-6-11(14)13(10)16-12/h4-6,8,15-16H,7H2,1-3H3. The molecule has 0 atom stereocenters. The lowest BCUT2D eigenvalue weighted by molar-refractivity contribution is 0.582. The Morgan fingerprint density at radius 2 is 2.12 bits per heavy atom. The second kappa shape index (κ2) is 4.48. The lowest BCUT2D eigenvalue weighted by atomic mass is 10.1. The largest absolute Gasteiger partial charge is 0.356 e. The number of aryl methyl sites for hydroxylation is 1. The highest BCUT2D eigenvalue weighted by Gasteiger charge is 2.09. The van der Waals surface area contributed by atoms with Gasteiger partial charge in [0.25, 0.3) is 0 Å². The number of nitrogens with one attached hydrogen (secondary N) is 2. The van der Waals surface area contributed by atoms with Gasteiger partial charge in [0.05, 0.1) is 10.5 Å². The van der Waals surface area contributed by atoms with Gasteiger partial charge in [-0.15, -0.1) is 0 Å². The van der Waals surface area contributed by atoms with Crippen molar-refractivity contribution in [3.8, 4) is 0 Å². The van der Waals surface area contributed by atoms with Crippen molar-refractivity contribution in [2.24, 2.45) is 0 Å². The average molecular weight is 237 g/mol. The number of H-pyrrole nitrogens is 1. The number of aromatic nitrogens is 1. The molecule has 0 unspecified atom stereocenters. The zero-order valence-corrected chi connectivity index (χ0v) is 10.7. The fraction of sp³-hybridized carbons (Fsp3) is 0.385. The highest BCUT2D eigenvalue weighted by molar-refractivity contribution is 6.35. The van der Waals surface area contributed by atoms with Crippen molar-refractivity contribution in [3.63, 3.8) is 0 Å². The van der Waals surface area contributed by atoms with Gasteiger partial charge in [0.15, 0.2) is 0 Å². The molecule has 2 N–H and O–H groups in total. The van der Waals surface area contributed by atoms with Crippen LogP contribution in [0.5, 0.6) is 0 Å². The third kappa shape index (κ3) is 2.08. The maximum Gasteiger partial charge on any atom is 0.0648 e. The van der Waals surface area contributed by atoms with Gasteiger partial charge in [-0.25, -0.2) is 0 Å². The average Bonchev–Trinajstić information content (AvgIpc) is 2.55.